The predicted octanol–water partition coefficient (Wildman–Crippen LogP) is 5.45. The van der Waals surface area contributed by atoms with Crippen molar-refractivity contribution >= 4 is 39.1 Å². The third kappa shape index (κ3) is 5.49. The molecule has 0 aliphatic carbocycles. The number of hydrogen-bond donors (Lipinski definition) is 1. The van der Waals surface area contributed by atoms with Gasteiger partial charge in [-0.05, 0) is 47.7 Å². The van der Waals surface area contributed by atoms with E-state index in [9.17, 15) is 14.4 Å². The SMILES string of the molecule is CCCOC(=O)c1ccc(NC(=O)Cn2cnc3scc(-c4ccc(C(C)C)cc4)c3c2=O)cc1. The lowest BCUT2D eigenvalue weighted by atomic mass is 9.99. The van der Waals surface area contributed by atoms with E-state index < -0.39 is 5.97 Å². The number of amides is 1. The van der Waals surface area contributed by atoms with Crippen LogP contribution in [0.25, 0.3) is 21.3 Å². The van der Waals surface area contributed by atoms with Gasteiger partial charge in [-0.25, -0.2) is 9.78 Å². The Hall–Kier alpha value is -3.78. The summed E-state index contributed by atoms with van der Waals surface area (Å²) in [5, 5.41) is 5.20. The second kappa shape index (κ2) is 10.7. The van der Waals surface area contributed by atoms with Gasteiger partial charge in [0.05, 0.1) is 23.9 Å². The Labute approximate surface area is 207 Å². The predicted molar refractivity (Wildman–Crippen MR) is 139 cm³/mol. The van der Waals surface area contributed by atoms with E-state index >= 15 is 0 Å². The van der Waals surface area contributed by atoms with E-state index in [0.29, 0.717) is 34.0 Å². The number of rotatable bonds is 8. The lowest BCUT2D eigenvalue weighted by Crippen LogP contribution is -2.27. The fraction of sp³-hybridized carbons (Fsp3) is 0.259. The molecule has 0 spiro atoms. The van der Waals surface area contributed by atoms with E-state index in [1.165, 1.54) is 27.8 Å². The molecule has 0 unspecified atom stereocenters. The molecule has 0 fully saturated rings. The van der Waals surface area contributed by atoms with Crippen molar-refractivity contribution in [2.24, 2.45) is 0 Å². The summed E-state index contributed by atoms with van der Waals surface area (Å²) >= 11 is 1.41. The maximum absolute atomic E-state index is 13.3. The van der Waals surface area contributed by atoms with Crippen molar-refractivity contribution in [3.63, 3.8) is 0 Å². The van der Waals surface area contributed by atoms with Crippen LogP contribution >= 0.6 is 11.3 Å². The van der Waals surface area contributed by atoms with Gasteiger partial charge in [0.2, 0.25) is 5.91 Å². The molecule has 0 saturated carbocycles. The Balaban J connectivity index is 1.51. The molecule has 1 N–H and O–H groups in total. The summed E-state index contributed by atoms with van der Waals surface area (Å²) in [7, 11) is 0. The molecule has 0 aliphatic heterocycles. The molecule has 0 atom stereocenters. The van der Waals surface area contributed by atoms with Gasteiger partial charge in [0.25, 0.3) is 5.56 Å². The number of thiophene rings is 1. The second-order valence-corrected chi connectivity index (χ2v) is 9.40. The average Bonchev–Trinajstić information content (AvgIpc) is 3.29. The minimum atomic E-state index is -0.402. The van der Waals surface area contributed by atoms with E-state index in [4.69, 9.17) is 4.74 Å². The van der Waals surface area contributed by atoms with Gasteiger partial charge < -0.3 is 10.1 Å². The first-order chi connectivity index (χ1) is 16.9. The van der Waals surface area contributed by atoms with Gasteiger partial charge in [-0.1, -0.05) is 45.0 Å². The molecule has 180 valence electrons. The number of fused-ring (bicyclic) bond motifs is 1. The fourth-order valence-corrected chi connectivity index (χ4v) is 4.57. The molecule has 1 amide bonds. The molecule has 0 saturated heterocycles. The second-order valence-electron chi connectivity index (χ2n) is 8.55. The average molecular weight is 490 g/mol. The van der Waals surface area contributed by atoms with Crippen molar-refractivity contribution < 1.29 is 14.3 Å². The molecule has 35 heavy (non-hydrogen) atoms. The van der Waals surface area contributed by atoms with E-state index in [2.05, 4.69) is 36.3 Å². The third-order valence-corrected chi connectivity index (χ3v) is 6.49. The smallest absolute Gasteiger partial charge is 0.338 e. The summed E-state index contributed by atoms with van der Waals surface area (Å²) in [6, 6.07) is 14.6. The van der Waals surface area contributed by atoms with Crippen LogP contribution in [-0.4, -0.2) is 28.0 Å². The first-order valence-corrected chi connectivity index (χ1v) is 12.4. The van der Waals surface area contributed by atoms with Crippen molar-refractivity contribution in [3.8, 4) is 11.1 Å². The van der Waals surface area contributed by atoms with Gasteiger partial charge in [0, 0.05) is 16.6 Å². The first kappa shape index (κ1) is 24.3. The third-order valence-electron chi connectivity index (χ3n) is 5.60. The molecule has 7 nitrogen and oxygen atoms in total. The number of hydrogen-bond acceptors (Lipinski definition) is 6. The van der Waals surface area contributed by atoms with Gasteiger partial charge in [-0.15, -0.1) is 11.3 Å². The van der Waals surface area contributed by atoms with E-state index in [1.807, 2.05) is 24.4 Å². The Kier molecular flexibility index (Phi) is 7.41. The number of benzene rings is 2. The van der Waals surface area contributed by atoms with Crippen LogP contribution in [0.15, 0.2) is 65.0 Å². The van der Waals surface area contributed by atoms with Gasteiger partial charge >= 0.3 is 5.97 Å². The van der Waals surface area contributed by atoms with Crippen LogP contribution in [0.5, 0.6) is 0 Å². The molecule has 4 aromatic rings. The number of carbonyl (C=O) groups is 2. The van der Waals surface area contributed by atoms with Crippen LogP contribution in [0.2, 0.25) is 0 Å². The lowest BCUT2D eigenvalue weighted by Gasteiger charge is -2.09. The Morgan fingerprint density at radius 1 is 1.09 bits per heavy atom. The lowest BCUT2D eigenvalue weighted by molar-refractivity contribution is -0.116. The van der Waals surface area contributed by atoms with Crippen molar-refractivity contribution in [1.29, 1.82) is 0 Å². The number of esters is 1. The van der Waals surface area contributed by atoms with Gasteiger partial charge in [0.1, 0.15) is 11.4 Å². The molecule has 8 heteroatoms. The highest BCUT2D eigenvalue weighted by atomic mass is 32.1. The fourth-order valence-electron chi connectivity index (χ4n) is 3.66. The topological polar surface area (TPSA) is 90.3 Å². The zero-order valence-corrected chi connectivity index (χ0v) is 20.7. The molecule has 4 rings (SSSR count). The van der Waals surface area contributed by atoms with Crippen molar-refractivity contribution in [2.45, 2.75) is 39.7 Å². The van der Waals surface area contributed by atoms with Crippen LogP contribution in [0.4, 0.5) is 5.69 Å². The molecular formula is C27H27N3O4S. The number of nitrogens with one attached hydrogen (secondary N) is 1. The molecule has 2 aromatic heterocycles. The van der Waals surface area contributed by atoms with Gasteiger partial charge in [-0.3, -0.25) is 14.2 Å². The summed E-state index contributed by atoms with van der Waals surface area (Å²) < 4.78 is 6.42. The molecule has 2 heterocycles. The van der Waals surface area contributed by atoms with Crippen LogP contribution in [0, 0.1) is 0 Å². The molecular weight excluding hydrogens is 462 g/mol. The van der Waals surface area contributed by atoms with Crippen LogP contribution < -0.4 is 10.9 Å². The summed E-state index contributed by atoms with van der Waals surface area (Å²) in [6.07, 6.45) is 2.15. The highest BCUT2D eigenvalue weighted by molar-refractivity contribution is 7.17. The van der Waals surface area contributed by atoms with Gasteiger partial charge in [-0.2, -0.15) is 0 Å². The number of carbonyl (C=O) groups excluding carboxylic acids is 2. The van der Waals surface area contributed by atoms with Crippen LogP contribution in [0.3, 0.4) is 0 Å². The van der Waals surface area contributed by atoms with Crippen LogP contribution in [0.1, 0.15) is 49.0 Å². The Morgan fingerprint density at radius 2 is 1.80 bits per heavy atom. The first-order valence-electron chi connectivity index (χ1n) is 11.5. The molecule has 0 aliphatic rings. The highest BCUT2D eigenvalue weighted by Crippen LogP contribution is 2.31. The normalized spacial score (nSPS) is 11.1. The summed E-state index contributed by atoms with van der Waals surface area (Å²) in [5.41, 5.74) is 3.66. The van der Waals surface area contributed by atoms with E-state index in [-0.39, 0.29) is 18.0 Å². The number of anilines is 1. The van der Waals surface area contributed by atoms with Crippen molar-refractivity contribution in [1.82, 2.24) is 9.55 Å². The summed E-state index contributed by atoms with van der Waals surface area (Å²) in [5.74, 6) is -0.347. The monoisotopic (exact) mass is 489 g/mol. The molecule has 2 aromatic carbocycles. The Morgan fingerprint density at radius 3 is 2.46 bits per heavy atom. The number of aromatic nitrogens is 2. The van der Waals surface area contributed by atoms with Crippen LogP contribution in [-0.2, 0) is 16.1 Å². The number of ether oxygens (including phenoxy) is 1. The van der Waals surface area contributed by atoms with E-state index in [0.717, 1.165) is 17.5 Å². The summed E-state index contributed by atoms with van der Waals surface area (Å²) in [4.78, 5) is 42.8. The largest absolute Gasteiger partial charge is 0.462 e. The highest BCUT2D eigenvalue weighted by Gasteiger charge is 2.15. The van der Waals surface area contributed by atoms with E-state index in [1.54, 1.807) is 24.3 Å². The zero-order valence-electron chi connectivity index (χ0n) is 19.9. The minimum absolute atomic E-state index is 0.177. The summed E-state index contributed by atoms with van der Waals surface area (Å²) in [6.45, 7) is 6.38. The maximum Gasteiger partial charge on any atom is 0.338 e. The Bertz CT molecular complexity index is 1400. The number of nitrogens with zero attached hydrogens (tertiary/aromatic N) is 2. The zero-order chi connectivity index (χ0) is 24.9. The standard InChI is InChI=1S/C27H27N3O4S/c1-4-13-34-27(33)20-9-11-21(12-10-20)29-23(31)14-30-16-28-25-24(26(30)32)22(15-35-25)19-7-5-18(6-8-19)17(2)3/h5-12,15-17H,4,13-14H2,1-3H3,(H,29,31). The van der Waals surface area contributed by atoms with Gasteiger partial charge in [0.15, 0.2) is 0 Å². The maximum atomic E-state index is 13.3. The minimum Gasteiger partial charge on any atom is -0.462 e. The van der Waals surface area contributed by atoms with Crippen molar-refractivity contribution in [3.05, 3.63) is 81.7 Å². The molecule has 0 radical (unpaired) electrons. The quantitative estimate of drug-likeness (QED) is 0.332. The van der Waals surface area contributed by atoms with Crippen molar-refractivity contribution in [2.75, 3.05) is 11.9 Å². The molecule has 0 bridgehead atoms.